The van der Waals surface area contributed by atoms with Crippen molar-refractivity contribution in [2.45, 2.75) is 19.4 Å². The highest BCUT2D eigenvalue weighted by atomic mass is 16.5. The zero-order valence-corrected chi connectivity index (χ0v) is 19.0. The number of hydrogen-bond acceptors (Lipinski definition) is 5. The van der Waals surface area contributed by atoms with Gasteiger partial charge in [-0.25, -0.2) is 0 Å². The molecule has 0 aliphatic heterocycles. The molecule has 0 spiro atoms. The van der Waals surface area contributed by atoms with Crippen LogP contribution in [0.5, 0.6) is 23.0 Å². The van der Waals surface area contributed by atoms with E-state index >= 15 is 0 Å². The Kier molecular flexibility index (Phi) is 7.46. The molecule has 0 saturated heterocycles. The molecule has 3 aromatic carbocycles. The molecule has 1 fully saturated rings. The monoisotopic (exact) mass is 454 g/mol. The Balaban J connectivity index is 1.43. The molecule has 34 heavy (non-hydrogen) atoms. The lowest BCUT2D eigenvalue weighted by atomic mass is 10.1. The standard InChI is InChI=1S/C28H26N2O4/c1-32-25-13-12-22(27(16-25)33-19-20-10-11-20)15-23(17-29)28(31)30-18-21-6-5-9-26(14-21)34-24-7-3-2-4-8-24/h2-9,12-16,20H,10-11,18-19H2,1H3,(H,30,31)/b23-15+. The Morgan fingerprint density at radius 2 is 1.82 bits per heavy atom. The highest BCUT2D eigenvalue weighted by molar-refractivity contribution is 6.02. The van der Waals surface area contributed by atoms with Crippen molar-refractivity contribution in [1.29, 1.82) is 5.26 Å². The third-order valence-corrected chi connectivity index (χ3v) is 5.39. The zero-order valence-electron chi connectivity index (χ0n) is 19.0. The van der Waals surface area contributed by atoms with Gasteiger partial charge < -0.3 is 19.5 Å². The third-order valence-electron chi connectivity index (χ3n) is 5.39. The van der Waals surface area contributed by atoms with Gasteiger partial charge in [-0.05, 0) is 66.8 Å². The maximum atomic E-state index is 12.7. The lowest BCUT2D eigenvalue weighted by Gasteiger charge is -2.11. The summed E-state index contributed by atoms with van der Waals surface area (Å²) in [6, 6.07) is 24.3. The lowest BCUT2D eigenvalue weighted by molar-refractivity contribution is -0.117. The predicted molar refractivity (Wildman–Crippen MR) is 130 cm³/mol. The maximum Gasteiger partial charge on any atom is 0.262 e. The molecule has 4 rings (SSSR count). The molecule has 0 radical (unpaired) electrons. The number of benzene rings is 3. The Hall–Kier alpha value is -4.24. The number of amides is 1. The second-order valence-corrected chi connectivity index (χ2v) is 8.07. The molecule has 172 valence electrons. The van der Waals surface area contributed by atoms with Crippen LogP contribution in [0.15, 0.2) is 78.4 Å². The van der Waals surface area contributed by atoms with E-state index in [1.165, 1.54) is 12.8 Å². The van der Waals surface area contributed by atoms with E-state index in [0.717, 1.165) is 11.3 Å². The molecule has 1 aliphatic rings. The topological polar surface area (TPSA) is 80.6 Å². The van der Waals surface area contributed by atoms with Gasteiger partial charge in [0.15, 0.2) is 0 Å². The summed E-state index contributed by atoms with van der Waals surface area (Å²) in [5.41, 5.74) is 1.52. The molecular formula is C28H26N2O4. The van der Waals surface area contributed by atoms with Gasteiger partial charge in [-0.15, -0.1) is 0 Å². The van der Waals surface area contributed by atoms with E-state index in [0.29, 0.717) is 35.3 Å². The Bertz CT molecular complexity index is 1210. The van der Waals surface area contributed by atoms with Crippen LogP contribution in [0.2, 0.25) is 0 Å². The van der Waals surface area contributed by atoms with E-state index in [1.807, 2.05) is 60.7 Å². The molecular weight excluding hydrogens is 428 g/mol. The molecule has 6 heteroatoms. The summed E-state index contributed by atoms with van der Waals surface area (Å²) in [6.07, 6.45) is 3.88. The van der Waals surface area contributed by atoms with Crippen molar-refractivity contribution in [1.82, 2.24) is 5.32 Å². The van der Waals surface area contributed by atoms with Gasteiger partial charge in [0, 0.05) is 18.2 Å². The van der Waals surface area contributed by atoms with Crippen molar-refractivity contribution in [3.63, 3.8) is 0 Å². The molecule has 3 aromatic rings. The number of ether oxygens (including phenoxy) is 3. The molecule has 1 amide bonds. The van der Waals surface area contributed by atoms with E-state index < -0.39 is 5.91 Å². The first-order valence-electron chi connectivity index (χ1n) is 11.2. The summed E-state index contributed by atoms with van der Waals surface area (Å²) < 4.78 is 17.1. The van der Waals surface area contributed by atoms with Gasteiger partial charge in [-0.1, -0.05) is 30.3 Å². The Morgan fingerprint density at radius 3 is 2.56 bits per heavy atom. The van der Waals surface area contributed by atoms with Crippen LogP contribution in [0.1, 0.15) is 24.0 Å². The first-order valence-corrected chi connectivity index (χ1v) is 11.2. The van der Waals surface area contributed by atoms with E-state index in [4.69, 9.17) is 14.2 Å². The third kappa shape index (κ3) is 6.39. The summed E-state index contributed by atoms with van der Waals surface area (Å²) in [5, 5.41) is 12.4. The number of carbonyl (C=O) groups is 1. The normalized spacial score (nSPS) is 13.0. The Morgan fingerprint density at radius 1 is 1.03 bits per heavy atom. The molecule has 0 aromatic heterocycles. The maximum absolute atomic E-state index is 12.7. The van der Waals surface area contributed by atoms with Crippen LogP contribution >= 0.6 is 0 Å². The minimum absolute atomic E-state index is 0.00173. The van der Waals surface area contributed by atoms with E-state index in [1.54, 1.807) is 31.4 Å². The van der Waals surface area contributed by atoms with Crippen molar-refractivity contribution >= 4 is 12.0 Å². The molecule has 0 unspecified atom stereocenters. The summed E-state index contributed by atoms with van der Waals surface area (Å²) in [6.45, 7) is 0.876. The number of carbonyl (C=O) groups excluding carboxylic acids is 1. The van der Waals surface area contributed by atoms with Crippen LogP contribution in [0.4, 0.5) is 0 Å². The molecule has 1 saturated carbocycles. The van der Waals surface area contributed by atoms with Crippen molar-refractivity contribution in [3.05, 3.63) is 89.5 Å². The van der Waals surface area contributed by atoms with Crippen LogP contribution < -0.4 is 19.5 Å². The Labute approximate surface area is 199 Å². The van der Waals surface area contributed by atoms with Crippen LogP contribution in [-0.2, 0) is 11.3 Å². The molecule has 0 heterocycles. The second kappa shape index (κ2) is 11.1. The number of rotatable bonds is 10. The average molecular weight is 455 g/mol. The molecule has 6 nitrogen and oxygen atoms in total. The summed E-state index contributed by atoms with van der Waals surface area (Å²) in [7, 11) is 1.59. The zero-order chi connectivity index (χ0) is 23.8. The number of nitriles is 1. The molecule has 1 N–H and O–H groups in total. The average Bonchev–Trinajstić information content (AvgIpc) is 3.70. The summed E-state index contributed by atoms with van der Waals surface area (Å²) in [4.78, 5) is 12.7. The van der Waals surface area contributed by atoms with Crippen LogP contribution in [0, 0.1) is 17.2 Å². The van der Waals surface area contributed by atoms with E-state index in [9.17, 15) is 10.1 Å². The number of methoxy groups -OCH3 is 1. The van der Waals surface area contributed by atoms with Gasteiger partial charge in [0.05, 0.1) is 13.7 Å². The number of para-hydroxylation sites is 1. The lowest BCUT2D eigenvalue weighted by Crippen LogP contribution is -2.24. The second-order valence-electron chi connectivity index (χ2n) is 8.07. The first kappa shape index (κ1) is 22.9. The van der Waals surface area contributed by atoms with Gasteiger partial charge in [0.25, 0.3) is 5.91 Å². The largest absolute Gasteiger partial charge is 0.497 e. The fraction of sp³-hybridized carbons (Fsp3) is 0.214. The smallest absolute Gasteiger partial charge is 0.262 e. The quantitative estimate of drug-likeness (QED) is 0.323. The fourth-order valence-electron chi connectivity index (χ4n) is 3.30. The first-order chi connectivity index (χ1) is 16.6. The summed E-state index contributed by atoms with van der Waals surface area (Å²) in [5.74, 6) is 2.77. The van der Waals surface area contributed by atoms with Crippen molar-refractivity contribution in [2.24, 2.45) is 5.92 Å². The van der Waals surface area contributed by atoms with Gasteiger partial charge in [0.2, 0.25) is 0 Å². The van der Waals surface area contributed by atoms with E-state index in [2.05, 4.69) is 5.32 Å². The van der Waals surface area contributed by atoms with Gasteiger partial charge in [-0.3, -0.25) is 4.79 Å². The van der Waals surface area contributed by atoms with Crippen LogP contribution in [0.25, 0.3) is 6.08 Å². The van der Waals surface area contributed by atoms with Crippen molar-refractivity contribution < 1.29 is 19.0 Å². The molecule has 1 aliphatic carbocycles. The highest BCUT2D eigenvalue weighted by Gasteiger charge is 2.22. The minimum atomic E-state index is -0.458. The number of nitrogens with zero attached hydrogens (tertiary/aromatic N) is 1. The number of nitrogens with one attached hydrogen (secondary N) is 1. The predicted octanol–water partition coefficient (Wildman–Crippen LogP) is 5.50. The SMILES string of the molecule is COc1ccc(/C=C(\C#N)C(=O)NCc2cccc(Oc3ccccc3)c2)c(OCC2CC2)c1. The molecule has 0 bridgehead atoms. The highest BCUT2D eigenvalue weighted by Crippen LogP contribution is 2.32. The van der Waals surface area contributed by atoms with Gasteiger partial charge in [0.1, 0.15) is 34.6 Å². The van der Waals surface area contributed by atoms with Gasteiger partial charge >= 0.3 is 0 Å². The summed E-state index contributed by atoms with van der Waals surface area (Å²) >= 11 is 0. The van der Waals surface area contributed by atoms with Crippen LogP contribution in [-0.4, -0.2) is 19.6 Å². The fourth-order valence-corrected chi connectivity index (χ4v) is 3.30. The minimum Gasteiger partial charge on any atom is -0.497 e. The van der Waals surface area contributed by atoms with Gasteiger partial charge in [-0.2, -0.15) is 5.26 Å². The van der Waals surface area contributed by atoms with Crippen LogP contribution in [0.3, 0.4) is 0 Å². The molecule has 0 atom stereocenters. The van der Waals surface area contributed by atoms with Crippen molar-refractivity contribution in [2.75, 3.05) is 13.7 Å². The van der Waals surface area contributed by atoms with E-state index in [-0.39, 0.29) is 12.1 Å². The van der Waals surface area contributed by atoms with Crippen molar-refractivity contribution in [3.8, 4) is 29.1 Å². The number of hydrogen-bond donors (Lipinski definition) is 1.